The predicted molar refractivity (Wildman–Crippen MR) is 81.6 cm³/mol. The first-order chi connectivity index (χ1) is 10.5. The Hall–Kier alpha value is -2.13. The second-order valence-electron chi connectivity index (χ2n) is 4.95. The van der Waals surface area contributed by atoms with E-state index in [0.29, 0.717) is 13.0 Å². The lowest BCUT2D eigenvalue weighted by molar-refractivity contribution is -0.126. The summed E-state index contributed by atoms with van der Waals surface area (Å²) in [6.07, 6.45) is -1.36. The molecule has 120 valence electrons. The third-order valence-corrected chi connectivity index (χ3v) is 3.55. The number of hydrogen-bond acceptors (Lipinski definition) is 4. The molecule has 3 unspecified atom stereocenters. The number of halogens is 1. The van der Waals surface area contributed by atoms with E-state index in [0.717, 1.165) is 0 Å². The Balaban J connectivity index is 0.00000116. The summed E-state index contributed by atoms with van der Waals surface area (Å²) in [5, 5.41) is 20.7. The van der Waals surface area contributed by atoms with Crippen molar-refractivity contribution in [2.45, 2.75) is 32.6 Å². The first-order valence-corrected chi connectivity index (χ1v) is 7.35. The number of nitrogens with zero attached hydrogens (tertiary/aromatic N) is 2. The maximum atomic E-state index is 14.0. The molecule has 0 bridgehead atoms. The van der Waals surface area contributed by atoms with Gasteiger partial charge in [0.25, 0.3) is 0 Å². The molecule has 2 N–H and O–H groups in total. The van der Waals surface area contributed by atoms with Crippen LogP contribution in [-0.4, -0.2) is 35.5 Å². The van der Waals surface area contributed by atoms with E-state index in [1.54, 1.807) is 24.1 Å². The van der Waals surface area contributed by atoms with Gasteiger partial charge < -0.3 is 10.4 Å². The van der Waals surface area contributed by atoms with Crippen LogP contribution in [0.5, 0.6) is 5.75 Å². The fourth-order valence-corrected chi connectivity index (χ4v) is 2.36. The largest absolute Gasteiger partial charge is 0.507 e. The Morgan fingerprint density at radius 3 is 2.68 bits per heavy atom. The highest BCUT2D eigenvalue weighted by atomic mass is 19.1. The SMILES string of the molecule is CC.CN1CC(C(=O)NC(F)c2ccccc2O)CC1C#N. The molecule has 1 heterocycles. The van der Waals surface area contributed by atoms with E-state index in [1.165, 1.54) is 12.1 Å². The van der Waals surface area contributed by atoms with Crippen molar-refractivity contribution in [3.63, 3.8) is 0 Å². The molecule has 1 fully saturated rings. The van der Waals surface area contributed by atoms with E-state index >= 15 is 0 Å². The van der Waals surface area contributed by atoms with Crippen LogP contribution in [0.3, 0.4) is 0 Å². The van der Waals surface area contributed by atoms with Gasteiger partial charge in [-0.1, -0.05) is 32.0 Å². The Morgan fingerprint density at radius 1 is 1.50 bits per heavy atom. The fraction of sp³-hybridized carbons (Fsp3) is 0.500. The van der Waals surface area contributed by atoms with Crippen LogP contribution in [0.4, 0.5) is 4.39 Å². The summed E-state index contributed by atoms with van der Waals surface area (Å²) < 4.78 is 14.0. The Kier molecular flexibility index (Phi) is 6.80. The molecule has 1 aliphatic heterocycles. The van der Waals surface area contributed by atoms with Gasteiger partial charge in [0.05, 0.1) is 18.0 Å². The number of amides is 1. The van der Waals surface area contributed by atoms with Gasteiger partial charge in [-0.2, -0.15) is 5.26 Å². The van der Waals surface area contributed by atoms with Crippen LogP contribution in [0, 0.1) is 17.2 Å². The lowest BCUT2D eigenvalue weighted by Gasteiger charge is -2.15. The number of hydrogen-bond donors (Lipinski definition) is 2. The number of para-hydroxylation sites is 1. The van der Waals surface area contributed by atoms with Gasteiger partial charge >= 0.3 is 0 Å². The third kappa shape index (κ3) is 4.18. The number of phenolic OH excluding ortho intramolecular Hbond substituents is 1. The monoisotopic (exact) mass is 307 g/mol. The number of aromatic hydroxyl groups is 1. The van der Waals surface area contributed by atoms with Crippen molar-refractivity contribution in [2.24, 2.45) is 5.92 Å². The molecule has 1 aromatic rings. The molecule has 1 aliphatic rings. The highest BCUT2D eigenvalue weighted by Crippen LogP contribution is 2.26. The zero-order valence-electron chi connectivity index (χ0n) is 13.1. The van der Waals surface area contributed by atoms with Crippen molar-refractivity contribution >= 4 is 5.91 Å². The van der Waals surface area contributed by atoms with E-state index < -0.39 is 18.1 Å². The van der Waals surface area contributed by atoms with Crippen LogP contribution in [-0.2, 0) is 4.79 Å². The fourth-order valence-electron chi connectivity index (χ4n) is 2.36. The van der Waals surface area contributed by atoms with Gasteiger partial charge in [-0.05, 0) is 19.5 Å². The molecular weight excluding hydrogens is 285 g/mol. The van der Waals surface area contributed by atoms with E-state index in [2.05, 4.69) is 11.4 Å². The van der Waals surface area contributed by atoms with Gasteiger partial charge in [-0.15, -0.1) is 0 Å². The molecule has 0 aromatic heterocycles. The van der Waals surface area contributed by atoms with Gasteiger partial charge in [0.15, 0.2) is 0 Å². The van der Waals surface area contributed by atoms with E-state index in [1.807, 2.05) is 13.8 Å². The van der Waals surface area contributed by atoms with Crippen molar-refractivity contribution in [3.8, 4) is 11.8 Å². The number of likely N-dealkylation sites (tertiary alicyclic amines) is 1. The number of rotatable bonds is 3. The average molecular weight is 307 g/mol. The molecule has 2 rings (SSSR count). The summed E-state index contributed by atoms with van der Waals surface area (Å²) in [6, 6.07) is 7.74. The quantitative estimate of drug-likeness (QED) is 0.840. The maximum absolute atomic E-state index is 14.0. The van der Waals surface area contributed by atoms with Crippen LogP contribution in [0.2, 0.25) is 0 Å². The summed E-state index contributed by atoms with van der Waals surface area (Å²) >= 11 is 0. The van der Waals surface area contributed by atoms with Crippen molar-refractivity contribution in [1.82, 2.24) is 10.2 Å². The summed E-state index contributed by atoms with van der Waals surface area (Å²) in [4.78, 5) is 13.8. The van der Waals surface area contributed by atoms with Crippen LogP contribution in [0.1, 0.15) is 32.1 Å². The highest BCUT2D eigenvalue weighted by Gasteiger charge is 2.34. The molecule has 0 radical (unpaired) electrons. The minimum Gasteiger partial charge on any atom is -0.507 e. The van der Waals surface area contributed by atoms with Crippen LogP contribution >= 0.6 is 0 Å². The number of phenols is 1. The van der Waals surface area contributed by atoms with Crippen molar-refractivity contribution < 1.29 is 14.3 Å². The van der Waals surface area contributed by atoms with Gasteiger partial charge in [0.1, 0.15) is 5.75 Å². The van der Waals surface area contributed by atoms with E-state index in [9.17, 15) is 14.3 Å². The van der Waals surface area contributed by atoms with Crippen LogP contribution in [0.25, 0.3) is 0 Å². The zero-order chi connectivity index (χ0) is 16.7. The summed E-state index contributed by atoms with van der Waals surface area (Å²) in [5.74, 6) is -1.04. The first-order valence-electron chi connectivity index (χ1n) is 7.35. The van der Waals surface area contributed by atoms with Gasteiger partial charge in [0.2, 0.25) is 12.2 Å². The Labute approximate surface area is 130 Å². The molecule has 1 aromatic carbocycles. The smallest absolute Gasteiger partial charge is 0.226 e. The molecule has 1 amide bonds. The number of alkyl halides is 1. The summed E-state index contributed by atoms with van der Waals surface area (Å²) in [7, 11) is 1.76. The second-order valence-corrected chi connectivity index (χ2v) is 4.95. The van der Waals surface area contributed by atoms with Crippen LogP contribution in [0.15, 0.2) is 24.3 Å². The molecule has 22 heavy (non-hydrogen) atoms. The van der Waals surface area contributed by atoms with Crippen molar-refractivity contribution in [2.75, 3.05) is 13.6 Å². The Bertz CT molecular complexity index is 544. The molecule has 1 saturated heterocycles. The second kappa shape index (κ2) is 8.35. The van der Waals surface area contributed by atoms with Crippen molar-refractivity contribution in [3.05, 3.63) is 29.8 Å². The average Bonchev–Trinajstić information content (AvgIpc) is 2.91. The number of carbonyl (C=O) groups is 1. The topological polar surface area (TPSA) is 76.4 Å². The Morgan fingerprint density at radius 2 is 2.14 bits per heavy atom. The molecular formula is C16H22FN3O2. The summed E-state index contributed by atoms with van der Waals surface area (Å²) in [6.45, 7) is 4.43. The summed E-state index contributed by atoms with van der Waals surface area (Å²) in [5.41, 5.74) is 0.0315. The lowest BCUT2D eigenvalue weighted by Crippen LogP contribution is -2.33. The van der Waals surface area contributed by atoms with Crippen LogP contribution < -0.4 is 5.32 Å². The molecule has 5 nitrogen and oxygen atoms in total. The standard InChI is InChI=1S/C14H16FN3O2.C2H6/c1-18-8-9(6-10(18)7-16)14(20)17-13(15)11-4-2-3-5-12(11)19;1-2/h2-5,9-10,13,19H,6,8H2,1H3,(H,17,20);1-2H3. The molecule has 3 atom stereocenters. The van der Waals surface area contributed by atoms with Gasteiger partial charge in [-0.25, -0.2) is 4.39 Å². The first kappa shape index (κ1) is 17.9. The molecule has 0 spiro atoms. The van der Waals surface area contributed by atoms with Gasteiger partial charge in [0, 0.05) is 12.1 Å². The zero-order valence-corrected chi connectivity index (χ0v) is 13.1. The number of carbonyl (C=O) groups excluding carboxylic acids is 1. The van der Waals surface area contributed by atoms with Gasteiger partial charge in [-0.3, -0.25) is 9.69 Å². The predicted octanol–water partition coefficient (Wildman–Crippen LogP) is 2.35. The van der Waals surface area contributed by atoms with E-state index in [4.69, 9.17) is 5.26 Å². The number of nitriles is 1. The normalized spacial score (nSPS) is 22.1. The van der Waals surface area contributed by atoms with Crippen molar-refractivity contribution in [1.29, 1.82) is 5.26 Å². The minimum atomic E-state index is -1.75. The number of benzene rings is 1. The van der Waals surface area contributed by atoms with E-state index in [-0.39, 0.29) is 17.4 Å². The number of nitrogens with one attached hydrogen (secondary N) is 1. The molecule has 0 aliphatic carbocycles. The minimum absolute atomic E-state index is 0.0315. The highest BCUT2D eigenvalue weighted by molar-refractivity contribution is 5.79. The third-order valence-electron chi connectivity index (χ3n) is 3.55. The maximum Gasteiger partial charge on any atom is 0.226 e. The molecule has 6 heteroatoms. The lowest BCUT2D eigenvalue weighted by atomic mass is 10.0. The molecule has 0 saturated carbocycles.